The fourth-order valence-electron chi connectivity index (χ4n) is 1.22. The maximum absolute atomic E-state index is 5.21. The number of nitrogens with one attached hydrogen (secondary N) is 2. The molecule has 0 spiro atoms. The molecule has 0 saturated heterocycles. The monoisotopic (exact) mass is 216 g/mol. The minimum atomic E-state index is 0.385. The summed E-state index contributed by atoms with van der Waals surface area (Å²) >= 11 is 0. The van der Waals surface area contributed by atoms with E-state index in [4.69, 9.17) is 5.84 Å². The van der Waals surface area contributed by atoms with E-state index in [9.17, 15) is 0 Å². The molecule has 2 aromatic heterocycles. The molecule has 0 fully saturated rings. The lowest BCUT2D eigenvalue weighted by atomic mass is 10.3. The average Bonchev–Trinajstić information content (AvgIpc) is 2.38. The Hall–Kier alpha value is -2.21. The van der Waals surface area contributed by atoms with Crippen molar-refractivity contribution in [1.29, 1.82) is 0 Å². The fourth-order valence-corrected chi connectivity index (χ4v) is 1.22. The van der Waals surface area contributed by atoms with Crippen molar-refractivity contribution in [2.45, 2.75) is 6.54 Å². The molecule has 2 rings (SSSR count). The third-order valence-electron chi connectivity index (χ3n) is 1.98. The number of hydrazine groups is 1. The number of pyridine rings is 1. The topological polar surface area (TPSA) is 88.8 Å². The van der Waals surface area contributed by atoms with Crippen LogP contribution in [-0.2, 0) is 6.54 Å². The molecular weight excluding hydrogens is 204 g/mol. The predicted octanol–water partition coefficient (Wildman–Crippen LogP) is 0.769. The van der Waals surface area contributed by atoms with Crippen LogP contribution in [0.25, 0.3) is 0 Å². The molecule has 0 saturated carbocycles. The molecule has 0 aliphatic carbocycles. The van der Waals surface area contributed by atoms with E-state index in [1.807, 2.05) is 12.1 Å². The van der Waals surface area contributed by atoms with Gasteiger partial charge in [0, 0.05) is 25.1 Å². The molecule has 82 valence electrons. The summed E-state index contributed by atoms with van der Waals surface area (Å²) in [6.07, 6.45) is 5.18. The van der Waals surface area contributed by atoms with Crippen molar-refractivity contribution in [1.82, 2.24) is 15.0 Å². The molecule has 0 aromatic carbocycles. The molecule has 2 heterocycles. The number of anilines is 2. The van der Waals surface area contributed by atoms with Crippen molar-refractivity contribution in [3.63, 3.8) is 0 Å². The van der Waals surface area contributed by atoms with Gasteiger partial charge in [-0.05, 0) is 17.7 Å². The van der Waals surface area contributed by atoms with Gasteiger partial charge in [0.15, 0.2) is 0 Å². The van der Waals surface area contributed by atoms with E-state index >= 15 is 0 Å². The predicted molar refractivity (Wildman–Crippen MR) is 61.4 cm³/mol. The van der Waals surface area contributed by atoms with Crippen LogP contribution in [0.2, 0.25) is 0 Å². The Balaban J connectivity index is 1.99. The van der Waals surface area contributed by atoms with Gasteiger partial charge < -0.3 is 5.32 Å². The van der Waals surface area contributed by atoms with Crippen LogP contribution in [0.4, 0.5) is 11.8 Å². The lowest BCUT2D eigenvalue weighted by Gasteiger charge is -2.05. The molecule has 0 radical (unpaired) electrons. The molecule has 0 unspecified atom stereocenters. The van der Waals surface area contributed by atoms with Gasteiger partial charge >= 0.3 is 0 Å². The molecule has 6 nitrogen and oxygen atoms in total. The summed E-state index contributed by atoms with van der Waals surface area (Å²) < 4.78 is 0. The van der Waals surface area contributed by atoms with Crippen LogP contribution >= 0.6 is 0 Å². The van der Waals surface area contributed by atoms with Gasteiger partial charge in [0.2, 0.25) is 5.95 Å². The van der Waals surface area contributed by atoms with Gasteiger partial charge in [0.1, 0.15) is 5.82 Å². The van der Waals surface area contributed by atoms with Gasteiger partial charge in [-0.1, -0.05) is 6.07 Å². The van der Waals surface area contributed by atoms with E-state index in [0.29, 0.717) is 18.3 Å². The number of nitrogens with zero attached hydrogens (tertiary/aromatic N) is 3. The normalized spacial score (nSPS) is 9.81. The highest BCUT2D eigenvalue weighted by molar-refractivity contribution is 5.39. The number of nitrogen functional groups attached to an aromatic ring is 1. The van der Waals surface area contributed by atoms with Crippen molar-refractivity contribution in [2.24, 2.45) is 5.84 Å². The van der Waals surface area contributed by atoms with Gasteiger partial charge in [-0.25, -0.2) is 10.8 Å². The average molecular weight is 216 g/mol. The molecule has 6 heteroatoms. The highest BCUT2D eigenvalue weighted by atomic mass is 15.3. The quantitative estimate of drug-likeness (QED) is 0.516. The largest absolute Gasteiger partial charge is 0.366 e. The smallest absolute Gasteiger partial charge is 0.239 e. The molecule has 0 atom stereocenters. The second-order valence-electron chi connectivity index (χ2n) is 3.12. The van der Waals surface area contributed by atoms with Crippen LogP contribution in [0.5, 0.6) is 0 Å². The van der Waals surface area contributed by atoms with Crippen molar-refractivity contribution in [3.05, 3.63) is 42.4 Å². The van der Waals surface area contributed by atoms with E-state index in [0.717, 1.165) is 5.56 Å². The van der Waals surface area contributed by atoms with Crippen LogP contribution < -0.4 is 16.6 Å². The Kier molecular flexibility index (Phi) is 3.25. The Morgan fingerprint density at radius 2 is 2.19 bits per heavy atom. The van der Waals surface area contributed by atoms with E-state index < -0.39 is 0 Å². The van der Waals surface area contributed by atoms with Crippen molar-refractivity contribution >= 4 is 11.8 Å². The van der Waals surface area contributed by atoms with Gasteiger partial charge in [-0.3, -0.25) is 10.4 Å². The minimum absolute atomic E-state index is 0.385. The summed E-state index contributed by atoms with van der Waals surface area (Å²) in [6, 6.07) is 5.66. The molecule has 2 aromatic rings. The summed E-state index contributed by atoms with van der Waals surface area (Å²) in [4.78, 5) is 12.1. The first kappa shape index (κ1) is 10.3. The summed E-state index contributed by atoms with van der Waals surface area (Å²) in [7, 11) is 0. The second-order valence-corrected chi connectivity index (χ2v) is 3.12. The highest BCUT2D eigenvalue weighted by Crippen LogP contribution is 2.06. The van der Waals surface area contributed by atoms with E-state index in [1.54, 1.807) is 24.7 Å². The second kappa shape index (κ2) is 5.04. The van der Waals surface area contributed by atoms with Gasteiger partial charge in [-0.15, -0.1) is 0 Å². The first-order valence-corrected chi connectivity index (χ1v) is 4.81. The SMILES string of the molecule is NNc1nccc(NCc2cccnc2)n1. The van der Waals surface area contributed by atoms with E-state index in [1.165, 1.54) is 0 Å². The van der Waals surface area contributed by atoms with E-state index in [-0.39, 0.29) is 0 Å². The maximum atomic E-state index is 5.21. The Morgan fingerprint density at radius 1 is 1.25 bits per heavy atom. The lowest BCUT2D eigenvalue weighted by Crippen LogP contribution is -2.11. The van der Waals surface area contributed by atoms with Gasteiger partial charge in [-0.2, -0.15) is 4.98 Å². The first-order chi connectivity index (χ1) is 7.88. The number of aromatic nitrogens is 3. The van der Waals surface area contributed by atoms with Crippen molar-refractivity contribution < 1.29 is 0 Å². The third kappa shape index (κ3) is 2.64. The number of hydrogen-bond acceptors (Lipinski definition) is 6. The standard InChI is InChI=1S/C10H12N6/c11-16-10-13-5-3-9(15-10)14-7-8-2-1-4-12-6-8/h1-6H,7,11H2,(H2,13,14,15,16). The summed E-state index contributed by atoms with van der Waals surface area (Å²) in [6.45, 7) is 0.662. The van der Waals surface area contributed by atoms with Crippen LogP contribution in [0.15, 0.2) is 36.8 Å². The van der Waals surface area contributed by atoms with Crippen LogP contribution in [-0.4, -0.2) is 15.0 Å². The number of nitrogens with two attached hydrogens (primary N) is 1. The van der Waals surface area contributed by atoms with Crippen molar-refractivity contribution in [2.75, 3.05) is 10.7 Å². The maximum Gasteiger partial charge on any atom is 0.239 e. The Bertz CT molecular complexity index is 444. The number of hydrogen-bond donors (Lipinski definition) is 3. The van der Waals surface area contributed by atoms with Crippen LogP contribution in [0, 0.1) is 0 Å². The third-order valence-corrected chi connectivity index (χ3v) is 1.98. The number of rotatable bonds is 4. The summed E-state index contributed by atoms with van der Waals surface area (Å²) in [5, 5.41) is 3.15. The molecule has 16 heavy (non-hydrogen) atoms. The van der Waals surface area contributed by atoms with Crippen LogP contribution in [0.3, 0.4) is 0 Å². The Morgan fingerprint density at radius 3 is 2.94 bits per heavy atom. The summed E-state index contributed by atoms with van der Waals surface area (Å²) in [5.74, 6) is 6.31. The lowest BCUT2D eigenvalue weighted by molar-refractivity contribution is 1.06. The minimum Gasteiger partial charge on any atom is -0.366 e. The molecule has 0 aliphatic heterocycles. The molecule has 0 amide bonds. The summed E-state index contributed by atoms with van der Waals surface area (Å²) in [5.41, 5.74) is 3.48. The first-order valence-electron chi connectivity index (χ1n) is 4.81. The highest BCUT2D eigenvalue weighted by Gasteiger charge is 1.97. The molecule has 4 N–H and O–H groups in total. The fraction of sp³-hybridized carbons (Fsp3) is 0.100. The zero-order valence-corrected chi connectivity index (χ0v) is 8.59. The zero-order valence-electron chi connectivity index (χ0n) is 8.59. The van der Waals surface area contributed by atoms with Gasteiger partial charge in [0.25, 0.3) is 0 Å². The van der Waals surface area contributed by atoms with E-state index in [2.05, 4.69) is 25.7 Å². The van der Waals surface area contributed by atoms with Gasteiger partial charge in [0.05, 0.1) is 0 Å². The molecule has 0 aliphatic rings. The van der Waals surface area contributed by atoms with Crippen molar-refractivity contribution in [3.8, 4) is 0 Å². The zero-order chi connectivity index (χ0) is 11.2. The molecule has 0 bridgehead atoms. The molecular formula is C10H12N6. The Labute approximate surface area is 92.9 Å². The van der Waals surface area contributed by atoms with Crippen LogP contribution in [0.1, 0.15) is 5.56 Å².